The number of rotatable bonds is 5. The first-order valence-electron chi connectivity index (χ1n) is 8.57. The highest BCUT2D eigenvalue weighted by molar-refractivity contribution is 7.71. The zero-order valence-electron chi connectivity index (χ0n) is 14.8. The Kier molecular flexibility index (Phi) is 5.32. The highest BCUT2D eigenvalue weighted by Crippen LogP contribution is 2.18. The molecule has 1 heterocycles. The number of nitrogens with zero attached hydrogens (tertiary/aromatic N) is 1. The minimum atomic E-state index is -0.175. The van der Waals surface area contributed by atoms with Crippen LogP contribution in [-0.2, 0) is 7.05 Å². The molecule has 0 saturated heterocycles. The lowest BCUT2D eigenvalue weighted by atomic mass is 9.96. The Bertz CT molecular complexity index is 1050. The van der Waals surface area contributed by atoms with Crippen molar-refractivity contribution in [3.05, 3.63) is 74.8 Å². The van der Waals surface area contributed by atoms with E-state index in [2.05, 4.69) is 29.4 Å². The third-order valence-electron chi connectivity index (χ3n) is 4.64. The number of fused-ring (bicyclic) bond motifs is 1. The maximum absolute atomic E-state index is 12.5. The zero-order chi connectivity index (χ0) is 18.7. The van der Waals surface area contributed by atoms with Gasteiger partial charge in [-0.05, 0) is 42.4 Å². The summed E-state index contributed by atoms with van der Waals surface area (Å²) < 4.78 is 1.71. The number of hydrogen-bond acceptors (Lipinski definition) is 3. The third kappa shape index (κ3) is 3.60. The van der Waals surface area contributed by atoms with Gasteiger partial charge in [-0.2, -0.15) is 0 Å². The van der Waals surface area contributed by atoms with Crippen LogP contribution < -0.4 is 10.9 Å². The van der Waals surface area contributed by atoms with E-state index >= 15 is 0 Å². The lowest BCUT2D eigenvalue weighted by Gasteiger charge is -2.16. The fourth-order valence-corrected chi connectivity index (χ4v) is 3.18. The second kappa shape index (κ2) is 7.66. The Morgan fingerprint density at radius 1 is 1.23 bits per heavy atom. The molecule has 2 N–H and O–H groups in total. The molecule has 1 amide bonds. The van der Waals surface area contributed by atoms with Crippen molar-refractivity contribution in [2.45, 2.75) is 19.3 Å². The molecule has 0 bridgehead atoms. The predicted octanol–water partition coefficient (Wildman–Crippen LogP) is 3.52. The molecule has 0 radical (unpaired) electrons. The van der Waals surface area contributed by atoms with E-state index in [9.17, 15) is 9.59 Å². The molecular weight excluding hydrogens is 346 g/mol. The van der Waals surface area contributed by atoms with Crippen molar-refractivity contribution in [2.24, 2.45) is 7.05 Å². The van der Waals surface area contributed by atoms with E-state index < -0.39 is 0 Å². The predicted molar refractivity (Wildman–Crippen MR) is 106 cm³/mol. The smallest absolute Gasteiger partial charge is 0.261 e. The van der Waals surface area contributed by atoms with E-state index in [1.54, 1.807) is 25.2 Å². The summed E-state index contributed by atoms with van der Waals surface area (Å²) in [4.78, 5) is 27.8. The molecule has 1 atom stereocenters. The van der Waals surface area contributed by atoms with Gasteiger partial charge in [0, 0.05) is 25.1 Å². The molecule has 1 unspecified atom stereocenters. The summed E-state index contributed by atoms with van der Waals surface area (Å²) in [7, 11) is 1.62. The quantitative estimate of drug-likeness (QED) is 0.678. The summed E-state index contributed by atoms with van der Waals surface area (Å²) in [6.45, 7) is 2.67. The van der Waals surface area contributed by atoms with Crippen LogP contribution >= 0.6 is 12.2 Å². The highest BCUT2D eigenvalue weighted by atomic mass is 32.1. The molecular formula is C20H21N3O2S. The number of H-pyrrole nitrogens is 1. The summed E-state index contributed by atoms with van der Waals surface area (Å²) in [5.74, 6) is 0.0972. The average molecular weight is 367 g/mol. The summed E-state index contributed by atoms with van der Waals surface area (Å²) in [5.41, 5.74) is 2.10. The minimum Gasteiger partial charge on any atom is -0.351 e. The first-order chi connectivity index (χ1) is 12.5. The van der Waals surface area contributed by atoms with Crippen LogP contribution in [0.2, 0.25) is 0 Å². The lowest BCUT2D eigenvalue weighted by Crippen LogP contribution is -2.28. The topological polar surface area (TPSA) is 66.9 Å². The molecule has 3 rings (SSSR count). The van der Waals surface area contributed by atoms with Crippen molar-refractivity contribution in [1.29, 1.82) is 0 Å². The van der Waals surface area contributed by atoms with Crippen LogP contribution in [-0.4, -0.2) is 22.0 Å². The molecule has 3 aromatic rings. The molecule has 0 aliphatic carbocycles. The zero-order valence-corrected chi connectivity index (χ0v) is 15.6. The van der Waals surface area contributed by atoms with Gasteiger partial charge in [0.25, 0.3) is 11.5 Å². The molecule has 134 valence electrons. The number of benzene rings is 2. The number of aromatic amines is 1. The van der Waals surface area contributed by atoms with E-state index in [0.29, 0.717) is 27.8 Å². The van der Waals surface area contributed by atoms with E-state index in [1.807, 2.05) is 18.2 Å². The molecule has 1 aromatic heterocycles. The Balaban J connectivity index is 1.81. The van der Waals surface area contributed by atoms with Crippen LogP contribution in [0.15, 0.2) is 53.3 Å². The van der Waals surface area contributed by atoms with E-state index in [-0.39, 0.29) is 17.4 Å². The first kappa shape index (κ1) is 18.1. The normalized spacial score (nSPS) is 12.1. The molecule has 26 heavy (non-hydrogen) atoms. The number of nitrogens with one attached hydrogen (secondary N) is 2. The summed E-state index contributed by atoms with van der Waals surface area (Å²) in [6, 6.07) is 15.1. The monoisotopic (exact) mass is 367 g/mol. The van der Waals surface area contributed by atoms with E-state index in [4.69, 9.17) is 12.2 Å². The Morgan fingerprint density at radius 2 is 1.96 bits per heavy atom. The van der Waals surface area contributed by atoms with Crippen LogP contribution in [0.4, 0.5) is 0 Å². The maximum atomic E-state index is 12.5. The average Bonchev–Trinajstić information content (AvgIpc) is 2.67. The molecule has 0 fully saturated rings. The van der Waals surface area contributed by atoms with Crippen molar-refractivity contribution >= 4 is 29.0 Å². The fraction of sp³-hybridized carbons (Fsp3) is 0.250. The van der Waals surface area contributed by atoms with Crippen molar-refractivity contribution in [2.75, 3.05) is 6.54 Å². The van der Waals surface area contributed by atoms with Gasteiger partial charge >= 0.3 is 0 Å². The van der Waals surface area contributed by atoms with E-state index in [0.717, 1.165) is 6.42 Å². The lowest BCUT2D eigenvalue weighted by molar-refractivity contribution is 0.0951. The van der Waals surface area contributed by atoms with Gasteiger partial charge in [-0.3, -0.25) is 14.2 Å². The van der Waals surface area contributed by atoms with Crippen LogP contribution in [0.25, 0.3) is 10.9 Å². The second-order valence-corrected chi connectivity index (χ2v) is 6.67. The Hall–Kier alpha value is -2.73. The summed E-state index contributed by atoms with van der Waals surface area (Å²) >= 11 is 5.14. The fourth-order valence-electron chi connectivity index (χ4n) is 2.99. The van der Waals surface area contributed by atoms with Gasteiger partial charge in [-0.15, -0.1) is 0 Å². The van der Waals surface area contributed by atoms with Gasteiger partial charge in [0.2, 0.25) is 0 Å². The van der Waals surface area contributed by atoms with Crippen molar-refractivity contribution in [3.8, 4) is 0 Å². The van der Waals surface area contributed by atoms with Gasteiger partial charge in [-0.25, -0.2) is 0 Å². The standard InChI is InChI=1S/C20H21N3O2S/c1-3-13(14-7-5-4-6-8-14)12-21-18(24)15-9-10-16-17(11-15)22-20(26)23(2)19(16)25/h4-11,13H,3,12H2,1-2H3,(H,21,24)(H,22,26). The summed E-state index contributed by atoms with van der Waals surface area (Å²) in [6.07, 6.45) is 0.936. The molecule has 5 nitrogen and oxygen atoms in total. The molecule has 6 heteroatoms. The third-order valence-corrected chi connectivity index (χ3v) is 5.01. The second-order valence-electron chi connectivity index (χ2n) is 6.28. The highest BCUT2D eigenvalue weighted by Gasteiger charge is 2.13. The number of carbonyl (C=O) groups excluding carboxylic acids is 1. The van der Waals surface area contributed by atoms with Crippen molar-refractivity contribution < 1.29 is 4.79 Å². The Morgan fingerprint density at radius 3 is 2.65 bits per heavy atom. The number of amides is 1. The van der Waals surface area contributed by atoms with Gasteiger partial charge in [0.15, 0.2) is 4.77 Å². The Labute approximate surface area is 156 Å². The molecule has 0 saturated carbocycles. The largest absolute Gasteiger partial charge is 0.351 e. The molecule has 0 spiro atoms. The van der Waals surface area contributed by atoms with Crippen LogP contribution in [0, 0.1) is 4.77 Å². The maximum Gasteiger partial charge on any atom is 0.261 e. The summed E-state index contributed by atoms with van der Waals surface area (Å²) in [5, 5.41) is 3.50. The van der Waals surface area contributed by atoms with E-state index in [1.165, 1.54) is 10.1 Å². The molecule has 0 aliphatic heterocycles. The SMILES string of the molecule is CCC(CNC(=O)c1ccc2c(=O)n(C)c(=S)[nH]c2c1)c1ccccc1. The van der Waals surface area contributed by atoms with Crippen LogP contribution in [0.5, 0.6) is 0 Å². The number of carbonyl (C=O) groups is 1. The van der Waals surface area contributed by atoms with Gasteiger partial charge in [0.05, 0.1) is 10.9 Å². The molecule has 2 aromatic carbocycles. The van der Waals surface area contributed by atoms with Crippen molar-refractivity contribution in [3.63, 3.8) is 0 Å². The van der Waals surface area contributed by atoms with Crippen LogP contribution in [0.1, 0.15) is 35.2 Å². The van der Waals surface area contributed by atoms with Gasteiger partial charge in [0.1, 0.15) is 0 Å². The van der Waals surface area contributed by atoms with Gasteiger partial charge < -0.3 is 10.3 Å². The van der Waals surface area contributed by atoms with Gasteiger partial charge in [-0.1, -0.05) is 37.3 Å². The first-order valence-corrected chi connectivity index (χ1v) is 8.98. The number of aromatic nitrogens is 2. The minimum absolute atomic E-state index is 0.165. The van der Waals surface area contributed by atoms with Crippen molar-refractivity contribution in [1.82, 2.24) is 14.9 Å². The number of hydrogen-bond donors (Lipinski definition) is 2. The van der Waals surface area contributed by atoms with Crippen LogP contribution in [0.3, 0.4) is 0 Å². The molecule has 0 aliphatic rings.